The third kappa shape index (κ3) is 4.91. The number of thioether (sulfide) groups is 1. The van der Waals surface area contributed by atoms with Crippen LogP contribution in [0, 0.1) is 5.82 Å². The maximum absolute atomic E-state index is 14.2. The van der Waals surface area contributed by atoms with Gasteiger partial charge in [0.15, 0.2) is 6.61 Å². The van der Waals surface area contributed by atoms with E-state index in [0.29, 0.717) is 6.54 Å². The van der Waals surface area contributed by atoms with Gasteiger partial charge >= 0.3 is 5.97 Å². The van der Waals surface area contributed by atoms with Crippen molar-refractivity contribution in [2.24, 2.45) is 0 Å². The molecule has 0 saturated heterocycles. The number of nitrogens with zero attached hydrogens (tertiary/aromatic N) is 2. The van der Waals surface area contributed by atoms with E-state index in [9.17, 15) is 22.4 Å². The summed E-state index contributed by atoms with van der Waals surface area (Å²) in [6.45, 7) is 3.59. The van der Waals surface area contributed by atoms with E-state index in [1.807, 2.05) is 24.3 Å². The third-order valence-electron chi connectivity index (χ3n) is 4.85. The number of rotatable bonds is 7. The highest BCUT2D eigenvalue weighted by atomic mass is 32.2. The van der Waals surface area contributed by atoms with Crippen LogP contribution in [0.1, 0.15) is 24.2 Å². The van der Waals surface area contributed by atoms with Crippen LogP contribution in [0.25, 0.3) is 0 Å². The predicted molar refractivity (Wildman–Crippen MR) is 116 cm³/mol. The summed E-state index contributed by atoms with van der Waals surface area (Å²) in [6.07, 6.45) is 0. The molecule has 2 aromatic rings. The van der Waals surface area contributed by atoms with Gasteiger partial charge in [-0.3, -0.25) is 4.79 Å². The molecule has 0 fully saturated rings. The monoisotopic (exact) mass is 466 g/mol. The lowest BCUT2D eigenvalue weighted by molar-refractivity contribution is -0.121. The molecule has 1 aliphatic heterocycles. The number of hydrogen-bond acceptors (Lipinski definition) is 6. The van der Waals surface area contributed by atoms with Crippen molar-refractivity contribution >= 4 is 39.3 Å². The molecule has 7 nitrogen and oxygen atoms in total. The van der Waals surface area contributed by atoms with Crippen molar-refractivity contribution < 1.29 is 27.1 Å². The number of hydrogen-bond donors (Lipinski definition) is 0. The van der Waals surface area contributed by atoms with Gasteiger partial charge in [-0.05, 0) is 30.3 Å². The highest BCUT2D eigenvalue weighted by molar-refractivity contribution is 7.99. The molecular formula is C21H23FN2O5S2. The largest absolute Gasteiger partial charge is 0.452 e. The van der Waals surface area contributed by atoms with Gasteiger partial charge in [0.2, 0.25) is 10.0 Å². The van der Waals surface area contributed by atoms with Crippen molar-refractivity contribution in [1.82, 2.24) is 4.31 Å². The third-order valence-corrected chi connectivity index (χ3v) is 7.95. The van der Waals surface area contributed by atoms with Crippen LogP contribution >= 0.6 is 11.8 Å². The van der Waals surface area contributed by atoms with Crippen molar-refractivity contribution in [3.63, 3.8) is 0 Å². The van der Waals surface area contributed by atoms with Crippen LogP contribution in [0.4, 0.5) is 10.1 Å². The minimum Gasteiger partial charge on any atom is -0.452 e. The van der Waals surface area contributed by atoms with Crippen LogP contribution in [-0.2, 0) is 19.6 Å². The first-order valence-corrected chi connectivity index (χ1v) is 12.2. The fourth-order valence-electron chi connectivity index (χ4n) is 3.25. The first-order chi connectivity index (χ1) is 14.8. The van der Waals surface area contributed by atoms with Gasteiger partial charge in [0.05, 0.1) is 11.3 Å². The molecule has 10 heteroatoms. The summed E-state index contributed by atoms with van der Waals surface area (Å²) >= 11 is 1.64. The molecule has 2 aromatic carbocycles. The zero-order valence-electron chi connectivity index (χ0n) is 17.2. The van der Waals surface area contributed by atoms with Crippen molar-refractivity contribution in [3.8, 4) is 0 Å². The zero-order valence-corrected chi connectivity index (χ0v) is 18.8. The number of fused-ring (bicyclic) bond motifs is 1. The van der Waals surface area contributed by atoms with Gasteiger partial charge in [0, 0.05) is 30.3 Å². The first-order valence-electron chi connectivity index (χ1n) is 9.78. The molecule has 0 bridgehead atoms. The Balaban J connectivity index is 1.74. The molecule has 0 N–H and O–H groups in total. The minimum absolute atomic E-state index is 0.144. The predicted octanol–water partition coefficient (Wildman–Crippen LogP) is 3.15. The van der Waals surface area contributed by atoms with E-state index >= 15 is 0 Å². The van der Waals surface area contributed by atoms with Crippen molar-refractivity contribution in [2.45, 2.75) is 23.6 Å². The Hall–Kier alpha value is -2.43. The summed E-state index contributed by atoms with van der Waals surface area (Å²) in [7, 11) is -4.10. The minimum atomic E-state index is -4.10. The van der Waals surface area contributed by atoms with Crippen molar-refractivity contribution in [3.05, 3.63) is 53.8 Å². The quantitative estimate of drug-likeness (QED) is 0.583. The number of carbonyl (C=O) groups excluding carboxylic acids is 2. The Morgan fingerprint density at radius 3 is 2.58 bits per heavy atom. The van der Waals surface area contributed by atoms with E-state index < -0.39 is 33.3 Å². The summed E-state index contributed by atoms with van der Waals surface area (Å²) in [6, 6.07) is 10.4. The number of anilines is 1. The van der Waals surface area contributed by atoms with Crippen LogP contribution in [0.15, 0.2) is 52.3 Å². The van der Waals surface area contributed by atoms with Gasteiger partial charge in [0.25, 0.3) is 5.91 Å². The Morgan fingerprint density at radius 2 is 1.87 bits per heavy atom. The molecule has 0 radical (unpaired) electrons. The van der Waals surface area contributed by atoms with E-state index in [1.165, 1.54) is 0 Å². The Labute approximate surface area is 185 Å². The van der Waals surface area contributed by atoms with E-state index in [4.69, 9.17) is 4.74 Å². The summed E-state index contributed by atoms with van der Waals surface area (Å²) in [5.41, 5.74) is 0.615. The molecule has 1 aliphatic rings. The van der Waals surface area contributed by atoms with Crippen LogP contribution in [-0.4, -0.2) is 56.6 Å². The molecule has 0 aromatic heterocycles. The van der Waals surface area contributed by atoms with Crippen LogP contribution in [0.5, 0.6) is 0 Å². The molecule has 0 saturated carbocycles. The SMILES string of the molecule is CCN(CC)S(=O)(=O)c1cc(C(=O)OCC(=O)N2CCSc3ccccc32)ccc1F. The average Bonchev–Trinajstić information content (AvgIpc) is 2.77. The Kier molecular flexibility index (Phi) is 7.34. The van der Waals surface area contributed by atoms with E-state index in [1.54, 1.807) is 30.5 Å². The van der Waals surface area contributed by atoms with Crippen LogP contribution in [0.3, 0.4) is 0 Å². The summed E-state index contributed by atoms with van der Waals surface area (Å²) in [5, 5.41) is 0. The lowest BCUT2D eigenvalue weighted by Crippen LogP contribution is -2.38. The normalized spacial score (nSPS) is 13.7. The standard InChI is InChI=1S/C21H23FN2O5S2/c1-3-23(4-2)31(27,28)19-13-15(9-10-16(19)22)21(26)29-14-20(25)24-11-12-30-18-8-6-5-7-17(18)24/h5-10,13H,3-4,11-12,14H2,1-2H3. The van der Waals surface area contributed by atoms with Crippen molar-refractivity contribution in [2.75, 3.05) is 36.9 Å². The average molecular weight is 467 g/mol. The smallest absolute Gasteiger partial charge is 0.338 e. The van der Waals surface area contributed by atoms with Gasteiger partial charge in [0.1, 0.15) is 10.7 Å². The number of halogens is 1. The second-order valence-electron chi connectivity index (χ2n) is 6.67. The molecular weight excluding hydrogens is 443 g/mol. The molecule has 166 valence electrons. The second kappa shape index (κ2) is 9.80. The summed E-state index contributed by atoms with van der Waals surface area (Å²) < 4.78 is 45.7. The molecule has 0 atom stereocenters. The number of ether oxygens (including phenoxy) is 1. The van der Waals surface area contributed by atoms with E-state index in [2.05, 4.69) is 0 Å². The topological polar surface area (TPSA) is 84.0 Å². The van der Waals surface area contributed by atoms with Crippen LogP contribution < -0.4 is 4.90 Å². The molecule has 0 aliphatic carbocycles. The number of benzene rings is 2. The summed E-state index contributed by atoms with van der Waals surface area (Å²) in [5.74, 6) is -1.52. The summed E-state index contributed by atoms with van der Waals surface area (Å²) in [4.78, 5) is 27.0. The number of carbonyl (C=O) groups is 2. The highest BCUT2D eigenvalue weighted by Crippen LogP contribution is 2.34. The van der Waals surface area contributed by atoms with E-state index in [-0.39, 0.29) is 24.6 Å². The molecule has 0 unspecified atom stereocenters. The van der Waals surface area contributed by atoms with Gasteiger partial charge in [-0.2, -0.15) is 4.31 Å². The van der Waals surface area contributed by atoms with E-state index in [0.717, 1.165) is 38.8 Å². The van der Waals surface area contributed by atoms with Gasteiger partial charge in [-0.1, -0.05) is 26.0 Å². The number of para-hydroxylation sites is 1. The molecule has 31 heavy (non-hydrogen) atoms. The molecule has 1 heterocycles. The zero-order chi connectivity index (χ0) is 22.6. The number of esters is 1. The fraction of sp³-hybridized carbons (Fsp3) is 0.333. The van der Waals surface area contributed by atoms with Gasteiger partial charge in [-0.15, -0.1) is 11.8 Å². The lowest BCUT2D eigenvalue weighted by Gasteiger charge is -2.28. The Bertz CT molecular complexity index is 1090. The van der Waals surface area contributed by atoms with Gasteiger partial charge < -0.3 is 9.64 Å². The van der Waals surface area contributed by atoms with Gasteiger partial charge in [-0.25, -0.2) is 17.6 Å². The number of amides is 1. The molecule has 3 rings (SSSR count). The molecule has 1 amide bonds. The van der Waals surface area contributed by atoms with Crippen LogP contribution in [0.2, 0.25) is 0 Å². The fourth-order valence-corrected chi connectivity index (χ4v) is 5.79. The number of sulfonamides is 1. The first kappa shape index (κ1) is 23.2. The maximum atomic E-state index is 14.2. The Morgan fingerprint density at radius 1 is 1.16 bits per heavy atom. The highest BCUT2D eigenvalue weighted by Gasteiger charge is 2.27. The lowest BCUT2D eigenvalue weighted by atomic mass is 10.2. The molecule has 0 spiro atoms. The van der Waals surface area contributed by atoms with Crippen molar-refractivity contribution in [1.29, 1.82) is 0 Å². The second-order valence-corrected chi connectivity index (χ2v) is 9.72. The maximum Gasteiger partial charge on any atom is 0.338 e.